The molecule has 5 fully saturated rings. The maximum atomic E-state index is 12.4. The molecule has 354 valence electrons. The van der Waals surface area contributed by atoms with Gasteiger partial charge < -0.3 is 129 Å². The molecule has 1 amide bonds. The van der Waals surface area contributed by atoms with E-state index in [-0.39, 0.29) is 0 Å². The lowest BCUT2D eigenvalue weighted by Crippen LogP contribution is -2.70. The Morgan fingerprint density at radius 3 is 1.36 bits per heavy atom. The number of methoxy groups -OCH3 is 1. The Morgan fingerprint density at radius 2 is 0.885 bits per heavy atom. The molecule has 5 aliphatic heterocycles. The number of aliphatic hydroxyl groups is 15. The number of carbonyl (C=O) groups excluding carboxylic acids is 2. The van der Waals surface area contributed by atoms with Gasteiger partial charge in [0.05, 0.1) is 33.5 Å². The maximum Gasteiger partial charge on any atom is 0.337 e. The fraction of sp³-hybridized carbons (Fsp3) is 0.939. The van der Waals surface area contributed by atoms with Gasteiger partial charge in [0.25, 0.3) is 0 Å². The monoisotopic (exact) mass is 897 g/mol. The van der Waals surface area contributed by atoms with Gasteiger partial charge >= 0.3 is 5.97 Å². The van der Waals surface area contributed by atoms with Crippen molar-refractivity contribution in [1.82, 2.24) is 5.32 Å². The molecule has 0 aromatic heterocycles. The van der Waals surface area contributed by atoms with Crippen LogP contribution < -0.4 is 5.32 Å². The van der Waals surface area contributed by atoms with Gasteiger partial charge in [-0.2, -0.15) is 0 Å². The number of esters is 1. The summed E-state index contributed by atoms with van der Waals surface area (Å²) in [5, 5.41) is 161. The van der Waals surface area contributed by atoms with E-state index in [1.165, 1.54) is 0 Å². The van der Waals surface area contributed by atoms with Gasteiger partial charge in [0, 0.05) is 6.92 Å². The highest BCUT2D eigenvalue weighted by Gasteiger charge is 2.57. The van der Waals surface area contributed by atoms with Crippen LogP contribution in [0.1, 0.15) is 6.92 Å². The summed E-state index contributed by atoms with van der Waals surface area (Å²) in [5.74, 6) is -2.02. The molecule has 0 aromatic rings. The number of ether oxygens (including phenoxy) is 10. The molecule has 0 unspecified atom stereocenters. The first-order valence-electron chi connectivity index (χ1n) is 19.0. The van der Waals surface area contributed by atoms with Crippen LogP contribution in [0.25, 0.3) is 0 Å². The number of nitrogens with one attached hydrogen (secondary N) is 1. The van der Waals surface area contributed by atoms with Crippen molar-refractivity contribution < 1.29 is 134 Å². The second kappa shape index (κ2) is 21.3. The van der Waals surface area contributed by atoms with Crippen LogP contribution in [0.2, 0.25) is 0 Å². The zero-order valence-electron chi connectivity index (χ0n) is 32.4. The molecular formula is C33H55NO27. The molecular weight excluding hydrogens is 842 g/mol. The lowest BCUT2D eigenvalue weighted by Gasteiger charge is -2.50. The Kier molecular flexibility index (Phi) is 17.5. The smallest absolute Gasteiger partial charge is 0.337 e. The van der Waals surface area contributed by atoms with Gasteiger partial charge in [-0.15, -0.1) is 0 Å². The Bertz CT molecular complexity index is 1420. The second-order valence-electron chi connectivity index (χ2n) is 14.9. The Labute approximate surface area is 344 Å². The predicted octanol–water partition coefficient (Wildman–Crippen LogP) is -11.6. The van der Waals surface area contributed by atoms with Gasteiger partial charge in [-0.05, 0) is 0 Å². The van der Waals surface area contributed by atoms with Crippen molar-refractivity contribution in [3.63, 3.8) is 0 Å². The number of rotatable bonds is 14. The van der Waals surface area contributed by atoms with E-state index in [9.17, 15) is 86.2 Å². The summed E-state index contributed by atoms with van der Waals surface area (Å²) in [5.41, 5.74) is 0. The fourth-order valence-corrected chi connectivity index (χ4v) is 7.52. The zero-order valence-corrected chi connectivity index (χ0v) is 32.4. The minimum Gasteiger partial charge on any atom is -0.467 e. The van der Waals surface area contributed by atoms with Gasteiger partial charge in [-0.3, -0.25) is 4.79 Å². The van der Waals surface area contributed by atoms with Gasteiger partial charge in [-0.1, -0.05) is 0 Å². The molecule has 0 spiro atoms. The SMILES string of the molecule is COC(=O)[C@H]1O[C@@H](O[C@H]2[C@@H](O)[C@@H](CO)O[C@@H](O[C@H]3[C@H](O)[C@@H](NC(C)=O)[C@H](O[C@H]4[C@@H](O)[C@@H](CO)O[C@@H](O[C@H]5[C@H](O)[C@@H](O)[C@H](O)O[C@@H]5CO)[C@@H]4O)O[C@@H]3CO)[C@@H]2O)[C@H](O)[C@@H](O)[C@@H]1O. The van der Waals surface area contributed by atoms with E-state index in [0.717, 1.165) is 14.0 Å². The third-order valence-corrected chi connectivity index (χ3v) is 10.9. The lowest BCUT2D eigenvalue weighted by molar-refractivity contribution is -0.385. The van der Waals surface area contributed by atoms with Gasteiger partial charge in [0.15, 0.2) is 37.6 Å². The van der Waals surface area contributed by atoms with Crippen LogP contribution in [-0.4, -0.2) is 275 Å². The number of amides is 1. The normalized spacial score (nSPS) is 49.6. The topological polar surface area (TPSA) is 442 Å². The molecule has 25 atom stereocenters. The van der Waals surface area contributed by atoms with Crippen molar-refractivity contribution in [1.29, 1.82) is 0 Å². The molecule has 0 saturated carbocycles. The van der Waals surface area contributed by atoms with Crippen LogP contribution in [0.5, 0.6) is 0 Å². The van der Waals surface area contributed by atoms with E-state index >= 15 is 0 Å². The molecule has 16 N–H and O–H groups in total. The summed E-state index contributed by atoms with van der Waals surface area (Å²) >= 11 is 0. The van der Waals surface area contributed by atoms with Crippen molar-refractivity contribution in [2.75, 3.05) is 33.5 Å². The second-order valence-corrected chi connectivity index (χ2v) is 14.9. The number of hydrogen-bond acceptors (Lipinski definition) is 27. The number of hydrogen-bond donors (Lipinski definition) is 16. The van der Waals surface area contributed by atoms with Crippen LogP contribution in [-0.2, 0) is 57.0 Å². The van der Waals surface area contributed by atoms with Gasteiger partial charge in [-0.25, -0.2) is 4.79 Å². The van der Waals surface area contributed by atoms with E-state index in [1.807, 2.05) is 0 Å². The molecule has 5 rings (SSSR count). The molecule has 0 radical (unpaired) electrons. The van der Waals surface area contributed by atoms with Crippen LogP contribution in [0, 0.1) is 0 Å². The largest absolute Gasteiger partial charge is 0.467 e. The number of carbonyl (C=O) groups is 2. The molecule has 28 nitrogen and oxygen atoms in total. The standard InChI is InChI=1S/C33H55NO27/c1-7(39)34-12-15(42)23(57-32-22(49)26(14(41)9(4-36)54-32)60-31-20(47)16(43)17(44)27(61-31)29(51)52-2)11(6-38)56-30(12)59-25-13(40)8(3-35)55-33(21(25)48)58-24-10(5-37)53-28(50)19(46)18(24)45/h8-28,30-33,35-38,40-50H,3-6H2,1-2H3,(H,34,39)/t8-,9-,10-,11-,12-,13+,14+,15-,16+,17+,18-,19-,20-,21-,22-,23-,24-,25+,26+,27+,28-,30+,31-,32+,33+/m1/s1. The van der Waals surface area contributed by atoms with E-state index in [4.69, 9.17) is 42.6 Å². The summed E-state index contributed by atoms with van der Waals surface area (Å²) in [4.78, 5) is 24.6. The average molecular weight is 898 g/mol. The zero-order chi connectivity index (χ0) is 45.2. The van der Waals surface area contributed by atoms with Gasteiger partial charge in [0.2, 0.25) is 5.91 Å². The summed E-state index contributed by atoms with van der Waals surface area (Å²) in [6.45, 7) is -2.82. The first-order chi connectivity index (χ1) is 28.8. The molecule has 0 aromatic carbocycles. The van der Waals surface area contributed by atoms with Crippen molar-refractivity contribution >= 4 is 11.9 Å². The van der Waals surface area contributed by atoms with E-state index in [2.05, 4.69) is 10.1 Å². The highest BCUT2D eigenvalue weighted by atomic mass is 16.8. The first-order valence-corrected chi connectivity index (χ1v) is 19.0. The quantitative estimate of drug-likeness (QED) is 0.0720. The highest BCUT2D eigenvalue weighted by Crippen LogP contribution is 2.36. The molecule has 5 heterocycles. The third-order valence-electron chi connectivity index (χ3n) is 10.9. The van der Waals surface area contributed by atoms with Crippen LogP contribution in [0.15, 0.2) is 0 Å². The van der Waals surface area contributed by atoms with E-state index in [1.54, 1.807) is 0 Å². The molecule has 5 saturated heterocycles. The summed E-state index contributed by atoms with van der Waals surface area (Å²) in [6.07, 6.45) is -45.9. The minimum absolute atomic E-state index is 0.832. The van der Waals surface area contributed by atoms with Crippen molar-refractivity contribution in [3.8, 4) is 0 Å². The van der Waals surface area contributed by atoms with E-state index in [0.29, 0.717) is 0 Å². The maximum absolute atomic E-state index is 12.4. The molecule has 0 aliphatic carbocycles. The first kappa shape index (κ1) is 50.0. The third kappa shape index (κ3) is 10.4. The van der Waals surface area contributed by atoms with Crippen molar-refractivity contribution in [2.45, 2.75) is 160 Å². The molecule has 28 heteroatoms. The van der Waals surface area contributed by atoms with Gasteiger partial charge in [0.1, 0.15) is 116 Å². The predicted molar refractivity (Wildman–Crippen MR) is 183 cm³/mol. The fourth-order valence-electron chi connectivity index (χ4n) is 7.52. The Hall–Kier alpha value is -2.02. The van der Waals surface area contributed by atoms with Crippen LogP contribution in [0.4, 0.5) is 0 Å². The minimum atomic E-state index is -2.16. The number of aliphatic hydroxyl groups excluding tert-OH is 15. The molecule has 61 heavy (non-hydrogen) atoms. The summed E-state index contributed by atoms with van der Waals surface area (Å²) < 4.78 is 54.5. The Balaban J connectivity index is 1.36. The van der Waals surface area contributed by atoms with Crippen molar-refractivity contribution in [2.24, 2.45) is 0 Å². The van der Waals surface area contributed by atoms with E-state index < -0.39 is 192 Å². The molecule has 0 bridgehead atoms. The molecule has 5 aliphatic rings. The summed E-state index contributed by atoms with van der Waals surface area (Å²) in [7, 11) is 0.936. The van der Waals surface area contributed by atoms with Crippen molar-refractivity contribution in [3.05, 3.63) is 0 Å². The highest BCUT2D eigenvalue weighted by molar-refractivity contribution is 5.75. The van der Waals surface area contributed by atoms with Crippen LogP contribution in [0.3, 0.4) is 0 Å². The lowest BCUT2D eigenvalue weighted by atomic mass is 9.94. The average Bonchev–Trinajstić information content (AvgIpc) is 3.23. The van der Waals surface area contributed by atoms with Crippen LogP contribution >= 0.6 is 0 Å². The summed E-state index contributed by atoms with van der Waals surface area (Å²) in [6, 6.07) is -1.75. The Morgan fingerprint density at radius 1 is 0.459 bits per heavy atom.